The second-order valence-corrected chi connectivity index (χ2v) is 5.05. The Bertz CT molecular complexity index is 695. The molecule has 22 heavy (non-hydrogen) atoms. The predicted octanol–water partition coefficient (Wildman–Crippen LogP) is 1.22. The van der Waals surface area contributed by atoms with Gasteiger partial charge in [0.1, 0.15) is 0 Å². The quantitative estimate of drug-likeness (QED) is 0.700. The number of hydrogen-bond donors (Lipinski definition) is 3. The van der Waals surface area contributed by atoms with E-state index in [1.54, 1.807) is 0 Å². The van der Waals surface area contributed by atoms with Gasteiger partial charge in [0.25, 0.3) is 5.56 Å². The maximum Gasteiger partial charge on any atom is 0.256 e. The van der Waals surface area contributed by atoms with Crippen LogP contribution in [0.15, 0.2) is 35.1 Å². The van der Waals surface area contributed by atoms with Crippen LogP contribution in [0.1, 0.15) is 23.7 Å². The summed E-state index contributed by atoms with van der Waals surface area (Å²) in [4.78, 5) is 30.1. The molecule has 2 aromatic rings. The van der Waals surface area contributed by atoms with Crippen molar-refractivity contribution in [2.45, 2.75) is 20.3 Å². The Labute approximate surface area is 129 Å². The number of benzene rings is 1. The number of aromatic amines is 1. The fourth-order valence-electron chi connectivity index (χ4n) is 2.12. The molecule has 0 atom stereocenters. The van der Waals surface area contributed by atoms with Crippen molar-refractivity contribution in [3.8, 4) is 0 Å². The molecule has 1 heterocycles. The van der Waals surface area contributed by atoms with Gasteiger partial charge in [-0.1, -0.05) is 30.3 Å². The minimum atomic E-state index is -0.140. The normalized spacial score (nSPS) is 10.3. The molecule has 0 spiro atoms. The molecule has 0 unspecified atom stereocenters. The van der Waals surface area contributed by atoms with Crippen molar-refractivity contribution in [2.75, 3.05) is 18.4 Å². The molecule has 6 nitrogen and oxygen atoms in total. The zero-order chi connectivity index (χ0) is 15.9. The van der Waals surface area contributed by atoms with Gasteiger partial charge < -0.3 is 10.6 Å². The van der Waals surface area contributed by atoms with Gasteiger partial charge in [-0.3, -0.25) is 14.6 Å². The summed E-state index contributed by atoms with van der Waals surface area (Å²) in [6.07, 6.45) is 0.557. The van der Waals surface area contributed by atoms with Crippen molar-refractivity contribution in [1.29, 1.82) is 0 Å². The average Bonchev–Trinajstić information content (AvgIpc) is 2.48. The lowest BCUT2D eigenvalue weighted by Gasteiger charge is -2.09. The van der Waals surface area contributed by atoms with Crippen molar-refractivity contribution in [3.05, 3.63) is 57.5 Å². The molecule has 2 rings (SSSR count). The predicted molar refractivity (Wildman–Crippen MR) is 86.0 cm³/mol. The number of nitrogens with zero attached hydrogens (tertiary/aromatic N) is 1. The smallest absolute Gasteiger partial charge is 0.256 e. The van der Waals surface area contributed by atoms with E-state index >= 15 is 0 Å². The number of amides is 1. The maximum absolute atomic E-state index is 12.2. The third-order valence-corrected chi connectivity index (χ3v) is 3.24. The van der Waals surface area contributed by atoms with Crippen molar-refractivity contribution in [3.63, 3.8) is 0 Å². The van der Waals surface area contributed by atoms with Gasteiger partial charge in [0.05, 0.1) is 5.69 Å². The van der Waals surface area contributed by atoms with Crippen LogP contribution in [0.2, 0.25) is 0 Å². The van der Waals surface area contributed by atoms with Crippen LogP contribution in [0.25, 0.3) is 0 Å². The van der Waals surface area contributed by atoms with Gasteiger partial charge in [0, 0.05) is 32.0 Å². The molecule has 6 heteroatoms. The largest absolute Gasteiger partial charge is 0.355 e. The summed E-state index contributed by atoms with van der Waals surface area (Å²) in [5.74, 6) is 0.335. The van der Waals surface area contributed by atoms with Gasteiger partial charge in [0.15, 0.2) is 0 Å². The number of aryl methyl sites for hydroxylation is 1. The molecule has 116 valence electrons. The lowest BCUT2D eigenvalue weighted by Crippen LogP contribution is -2.27. The Morgan fingerprint density at radius 2 is 1.95 bits per heavy atom. The number of aromatic nitrogens is 2. The molecule has 0 bridgehead atoms. The van der Waals surface area contributed by atoms with Gasteiger partial charge in [-0.05, 0) is 12.5 Å². The summed E-state index contributed by atoms with van der Waals surface area (Å²) in [5.41, 5.74) is 2.30. The monoisotopic (exact) mass is 300 g/mol. The van der Waals surface area contributed by atoms with Crippen molar-refractivity contribution in [1.82, 2.24) is 15.3 Å². The first kappa shape index (κ1) is 15.8. The summed E-state index contributed by atoms with van der Waals surface area (Å²) in [7, 11) is 0. The van der Waals surface area contributed by atoms with E-state index in [1.165, 1.54) is 6.92 Å². The first-order valence-corrected chi connectivity index (χ1v) is 7.18. The van der Waals surface area contributed by atoms with Crippen LogP contribution in [-0.2, 0) is 11.2 Å². The Hall–Kier alpha value is -2.63. The molecule has 0 saturated carbocycles. The molecular formula is C16H20N4O2. The fraction of sp³-hybridized carbons (Fsp3) is 0.312. The Morgan fingerprint density at radius 1 is 1.23 bits per heavy atom. The summed E-state index contributed by atoms with van der Waals surface area (Å²) < 4.78 is 0. The SMILES string of the molecule is CC(=O)NCCNc1nc(C)c(Cc2ccccc2)c(=O)[nH]1. The number of carbonyl (C=O) groups is 1. The molecule has 3 N–H and O–H groups in total. The molecule has 1 aromatic carbocycles. The number of nitrogens with one attached hydrogen (secondary N) is 3. The Morgan fingerprint density at radius 3 is 2.59 bits per heavy atom. The number of H-pyrrole nitrogens is 1. The minimum Gasteiger partial charge on any atom is -0.355 e. The van der Waals surface area contributed by atoms with Gasteiger partial charge in [0.2, 0.25) is 11.9 Å². The molecule has 0 saturated heterocycles. The highest BCUT2D eigenvalue weighted by Gasteiger charge is 2.08. The van der Waals surface area contributed by atoms with E-state index in [-0.39, 0.29) is 11.5 Å². The number of anilines is 1. The van der Waals surface area contributed by atoms with Crippen LogP contribution in [0.4, 0.5) is 5.95 Å². The lowest BCUT2D eigenvalue weighted by atomic mass is 10.1. The van der Waals surface area contributed by atoms with Crippen LogP contribution < -0.4 is 16.2 Å². The average molecular weight is 300 g/mol. The second kappa shape index (κ2) is 7.40. The molecule has 0 aliphatic rings. The van der Waals surface area contributed by atoms with Crippen LogP contribution in [0.5, 0.6) is 0 Å². The highest BCUT2D eigenvalue weighted by atomic mass is 16.1. The lowest BCUT2D eigenvalue weighted by molar-refractivity contribution is -0.118. The highest BCUT2D eigenvalue weighted by molar-refractivity contribution is 5.72. The van der Waals surface area contributed by atoms with E-state index in [2.05, 4.69) is 20.6 Å². The van der Waals surface area contributed by atoms with Gasteiger partial charge in [-0.25, -0.2) is 4.98 Å². The first-order chi connectivity index (χ1) is 10.6. The molecule has 0 radical (unpaired) electrons. The molecule has 0 aliphatic heterocycles. The van der Waals surface area contributed by atoms with E-state index in [1.807, 2.05) is 37.3 Å². The highest BCUT2D eigenvalue weighted by Crippen LogP contribution is 2.09. The van der Waals surface area contributed by atoms with E-state index in [4.69, 9.17) is 0 Å². The van der Waals surface area contributed by atoms with Crippen LogP contribution in [0, 0.1) is 6.92 Å². The van der Waals surface area contributed by atoms with Gasteiger partial charge >= 0.3 is 0 Å². The molecular weight excluding hydrogens is 280 g/mol. The van der Waals surface area contributed by atoms with Crippen LogP contribution in [0.3, 0.4) is 0 Å². The second-order valence-electron chi connectivity index (χ2n) is 5.05. The van der Waals surface area contributed by atoms with Gasteiger partial charge in [-0.2, -0.15) is 0 Å². The Kier molecular flexibility index (Phi) is 5.30. The topological polar surface area (TPSA) is 86.9 Å². The zero-order valence-corrected chi connectivity index (χ0v) is 12.8. The van der Waals surface area contributed by atoms with Crippen molar-refractivity contribution in [2.24, 2.45) is 0 Å². The summed E-state index contributed by atoms with van der Waals surface area (Å²) in [6, 6.07) is 9.81. The zero-order valence-electron chi connectivity index (χ0n) is 12.8. The van der Waals surface area contributed by atoms with Crippen molar-refractivity contribution >= 4 is 11.9 Å². The van der Waals surface area contributed by atoms with E-state index in [9.17, 15) is 9.59 Å². The molecule has 0 aliphatic carbocycles. The summed E-state index contributed by atoms with van der Waals surface area (Å²) in [5, 5.41) is 5.66. The van der Waals surface area contributed by atoms with E-state index in [0.717, 1.165) is 5.56 Å². The number of rotatable bonds is 6. The third-order valence-electron chi connectivity index (χ3n) is 3.24. The number of carbonyl (C=O) groups excluding carboxylic acids is 1. The fourth-order valence-corrected chi connectivity index (χ4v) is 2.12. The van der Waals surface area contributed by atoms with Crippen molar-refractivity contribution < 1.29 is 4.79 Å². The standard InChI is InChI=1S/C16H20N4O2/c1-11-14(10-13-6-4-3-5-7-13)15(22)20-16(19-11)18-9-8-17-12(2)21/h3-7H,8-10H2,1-2H3,(H,17,21)(H2,18,19,20,22). The minimum absolute atomic E-state index is 0.0855. The summed E-state index contributed by atoms with van der Waals surface area (Å²) in [6.45, 7) is 4.26. The first-order valence-electron chi connectivity index (χ1n) is 7.18. The summed E-state index contributed by atoms with van der Waals surface area (Å²) >= 11 is 0. The Balaban J connectivity index is 2.05. The van der Waals surface area contributed by atoms with Crippen LogP contribution >= 0.6 is 0 Å². The van der Waals surface area contributed by atoms with Crippen LogP contribution in [-0.4, -0.2) is 29.0 Å². The molecule has 1 amide bonds. The number of hydrogen-bond acceptors (Lipinski definition) is 4. The third kappa shape index (κ3) is 4.44. The maximum atomic E-state index is 12.2. The molecule has 0 fully saturated rings. The molecule has 1 aromatic heterocycles. The van der Waals surface area contributed by atoms with Gasteiger partial charge in [-0.15, -0.1) is 0 Å². The van der Waals surface area contributed by atoms with E-state index in [0.29, 0.717) is 36.7 Å². The van der Waals surface area contributed by atoms with E-state index < -0.39 is 0 Å².